The highest BCUT2D eigenvalue weighted by Crippen LogP contribution is 2.01. The second-order valence-electron chi connectivity index (χ2n) is 3.39. The molecule has 1 aromatic heterocycles. The van der Waals surface area contributed by atoms with Crippen molar-refractivity contribution in [3.8, 4) is 0 Å². The number of nitrogens with two attached hydrogens (primary N) is 1. The molecule has 1 unspecified atom stereocenters. The number of methoxy groups -OCH3 is 2. The second-order valence-corrected chi connectivity index (χ2v) is 3.39. The van der Waals surface area contributed by atoms with Gasteiger partial charge in [0.1, 0.15) is 17.3 Å². The van der Waals surface area contributed by atoms with Gasteiger partial charge in [-0.3, -0.25) is 5.41 Å². The van der Waals surface area contributed by atoms with Crippen LogP contribution in [0.2, 0.25) is 0 Å². The van der Waals surface area contributed by atoms with Gasteiger partial charge in [0.15, 0.2) is 0 Å². The number of rotatable bonds is 7. The van der Waals surface area contributed by atoms with Gasteiger partial charge in [0.25, 0.3) is 0 Å². The summed E-state index contributed by atoms with van der Waals surface area (Å²) < 4.78 is 10.2. The summed E-state index contributed by atoms with van der Waals surface area (Å²) in [5.74, 6) is 0.506. The fraction of sp³-hybridized carbons (Fsp3) is 0.500. The normalized spacial score (nSPS) is 12.1. The van der Waals surface area contributed by atoms with E-state index in [2.05, 4.69) is 15.3 Å². The van der Waals surface area contributed by atoms with E-state index in [1.54, 1.807) is 14.2 Å². The Morgan fingerprint density at radius 1 is 1.47 bits per heavy atom. The third-order valence-electron chi connectivity index (χ3n) is 2.12. The van der Waals surface area contributed by atoms with Gasteiger partial charge in [-0.25, -0.2) is 9.97 Å². The maximum Gasteiger partial charge on any atom is 0.144 e. The molecule has 1 rings (SSSR count). The Morgan fingerprint density at radius 2 is 2.24 bits per heavy atom. The fourth-order valence-electron chi connectivity index (χ4n) is 1.17. The molecule has 1 aromatic rings. The van der Waals surface area contributed by atoms with Gasteiger partial charge in [0.05, 0.1) is 25.1 Å². The van der Waals surface area contributed by atoms with Crippen molar-refractivity contribution in [2.24, 2.45) is 5.73 Å². The number of nitrogen functional groups attached to an aromatic ring is 1. The predicted molar refractivity (Wildman–Crippen MR) is 64.2 cm³/mol. The minimum Gasteiger partial charge on any atom is -0.382 e. The second kappa shape index (κ2) is 6.77. The van der Waals surface area contributed by atoms with E-state index in [1.807, 2.05) is 0 Å². The lowest BCUT2D eigenvalue weighted by atomic mass is 10.3. The van der Waals surface area contributed by atoms with Gasteiger partial charge in [-0.2, -0.15) is 0 Å². The number of hydrogen-bond acceptors (Lipinski definition) is 6. The molecule has 0 aliphatic rings. The van der Waals surface area contributed by atoms with Crippen LogP contribution in [0.15, 0.2) is 12.4 Å². The highest BCUT2D eigenvalue weighted by molar-refractivity contribution is 5.92. The highest BCUT2D eigenvalue weighted by atomic mass is 16.5. The average Bonchev–Trinajstić information content (AvgIpc) is 2.35. The molecule has 0 aliphatic carbocycles. The number of anilines is 1. The molecule has 0 radical (unpaired) electrons. The Balaban J connectivity index is 2.48. The fourth-order valence-corrected chi connectivity index (χ4v) is 1.17. The number of nitrogens with one attached hydrogen (secondary N) is 2. The van der Waals surface area contributed by atoms with Crippen molar-refractivity contribution in [2.45, 2.75) is 6.10 Å². The summed E-state index contributed by atoms with van der Waals surface area (Å²) in [5.41, 5.74) is 5.63. The Bertz CT molecular complexity index is 354. The highest BCUT2D eigenvalue weighted by Gasteiger charge is 2.07. The Hall–Kier alpha value is -1.73. The van der Waals surface area contributed by atoms with Gasteiger partial charge in [0.2, 0.25) is 0 Å². The smallest absolute Gasteiger partial charge is 0.144 e. The molecule has 0 fully saturated rings. The first-order valence-electron chi connectivity index (χ1n) is 5.09. The van der Waals surface area contributed by atoms with Gasteiger partial charge >= 0.3 is 0 Å². The van der Waals surface area contributed by atoms with Crippen molar-refractivity contribution in [2.75, 3.05) is 32.7 Å². The molecule has 17 heavy (non-hydrogen) atoms. The Kier molecular flexibility index (Phi) is 5.31. The molecule has 0 aliphatic heterocycles. The SMILES string of the molecule is COCC(CNc1cnc(C(=N)N)cn1)OC. The number of ether oxygens (including phenoxy) is 2. The van der Waals surface area contributed by atoms with Crippen molar-refractivity contribution in [3.05, 3.63) is 18.1 Å². The molecule has 0 aromatic carbocycles. The maximum absolute atomic E-state index is 7.18. The van der Waals surface area contributed by atoms with Crippen molar-refractivity contribution >= 4 is 11.7 Å². The molecule has 7 heteroatoms. The Morgan fingerprint density at radius 3 is 2.71 bits per heavy atom. The van der Waals surface area contributed by atoms with Crippen molar-refractivity contribution in [1.82, 2.24) is 9.97 Å². The minimum absolute atomic E-state index is 0.0470. The molecule has 0 amide bonds. The van der Waals surface area contributed by atoms with E-state index in [0.717, 1.165) is 0 Å². The van der Waals surface area contributed by atoms with Crippen LogP contribution in [0.1, 0.15) is 5.69 Å². The molecule has 7 nitrogen and oxygen atoms in total. The van der Waals surface area contributed by atoms with Crippen molar-refractivity contribution < 1.29 is 9.47 Å². The van der Waals surface area contributed by atoms with Crippen LogP contribution in [-0.4, -0.2) is 49.3 Å². The topological polar surface area (TPSA) is 106 Å². The largest absolute Gasteiger partial charge is 0.382 e. The summed E-state index contributed by atoms with van der Waals surface area (Å²) >= 11 is 0. The number of hydrogen-bond donors (Lipinski definition) is 3. The predicted octanol–water partition coefficient (Wildman–Crippen LogP) is -0.166. The molecular formula is C10H17N5O2. The van der Waals surface area contributed by atoms with Crippen LogP contribution in [0.4, 0.5) is 5.82 Å². The zero-order valence-electron chi connectivity index (χ0n) is 9.93. The van der Waals surface area contributed by atoms with E-state index >= 15 is 0 Å². The third-order valence-corrected chi connectivity index (χ3v) is 2.12. The number of aromatic nitrogens is 2. The monoisotopic (exact) mass is 239 g/mol. The Labute approximate surface area is 99.9 Å². The summed E-state index contributed by atoms with van der Waals surface area (Å²) in [6.07, 6.45) is 2.92. The molecule has 0 spiro atoms. The first-order valence-corrected chi connectivity index (χ1v) is 5.09. The number of nitrogens with zero attached hydrogens (tertiary/aromatic N) is 2. The molecule has 0 bridgehead atoms. The van der Waals surface area contributed by atoms with Gasteiger partial charge in [0, 0.05) is 20.8 Å². The van der Waals surface area contributed by atoms with Gasteiger partial charge < -0.3 is 20.5 Å². The van der Waals surface area contributed by atoms with Crippen LogP contribution in [0.3, 0.4) is 0 Å². The van der Waals surface area contributed by atoms with E-state index in [0.29, 0.717) is 24.7 Å². The molecule has 0 saturated heterocycles. The minimum atomic E-state index is -0.0989. The maximum atomic E-state index is 7.18. The summed E-state index contributed by atoms with van der Waals surface area (Å²) in [4.78, 5) is 8.06. The van der Waals surface area contributed by atoms with Crippen LogP contribution >= 0.6 is 0 Å². The summed E-state index contributed by atoms with van der Waals surface area (Å²) in [7, 11) is 3.24. The zero-order chi connectivity index (χ0) is 12.7. The van der Waals surface area contributed by atoms with Crippen LogP contribution in [0.25, 0.3) is 0 Å². The molecule has 1 heterocycles. The summed E-state index contributed by atoms with van der Waals surface area (Å²) in [5, 5.41) is 10.2. The van der Waals surface area contributed by atoms with Crippen molar-refractivity contribution in [1.29, 1.82) is 5.41 Å². The molecular weight excluding hydrogens is 222 g/mol. The third kappa shape index (κ3) is 4.33. The standard InChI is InChI=1S/C10H17N5O2/c1-16-6-7(17-2)3-14-9-5-13-8(4-15-9)10(11)12/h4-5,7H,3,6H2,1-2H3,(H3,11,12)(H,14,15). The van der Waals surface area contributed by atoms with E-state index < -0.39 is 0 Å². The van der Waals surface area contributed by atoms with E-state index in [-0.39, 0.29) is 11.9 Å². The van der Waals surface area contributed by atoms with E-state index in [4.69, 9.17) is 20.6 Å². The van der Waals surface area contributed by atoms with Crippen molar-refractivity contribution in [3.63, 3.8) is 0 Å². The summed E-state index contributed by atoms with van der Waals surface area (Å²) in [6.45, 7) is 1.07. The van der Waals surface area contributed by atoms with Gasteiger partial charge in [-0.15, -0.1) is 0 Å². The molecule has 94 valence electrons. The van der Waals surface area contributed by atoms with Gasteiger partial charge in [-0.05, 0) is 0 Å². The molecule has 0 saturated carbocycles. The van der Waals surface area contributed by atoms with Crippen LogP contribution in [0.5, 0.6) is 0 Å². The van der Waals surface area contributed by atoms with E-state index in [1.165, 1.54) is 12.4 Å². The first kappa shape index (κ1) is 13.3. The average molecular weight is 239 g/mol. The van der Waals surface area contributed by atoms with Gasteiger partial charge in [-0.1, -0.05) is 0 Å². The number of amidine groups is 1. The van der Waals surface area contributed by atoms with Crippen LogP contribution < -0.4 is 11.1 Å². The molecule has 4 N–H and O–H groups in total. The van der Waals surface area contributed by atoms with E-state index in [9.17, 15) is 0 Å². The zero-order valence-corrected chi connectivity index (χ0v) is 9.93. The lowest BCUT2D eigenvalue weighted by Gasteiger charge is -2.15. The van der Waals surface area contributed by atoms with Crippen LogP contribution in [-0.2, 0) is 9.47 Å². The quantitative estimate of drug-likeness (QED) is 0.450. The lowest BCUT2D eigenvalue weighted by molar-refractivity contribution is 0.0365. The summed E-state index contributed by atoms with van der Waals surface area (Å²) in [6, 6.07) is 0. The molecule has 1 atom stereocenters. The first-order chi connectivity index (χ1) is 8.17. The lowest BCUT2D eigenvalue weighted by Crippen LogP contribution is -2.27. The van der Waals surface area contributed by atoms with Crippen LogP contribution in [0, 0.1) is 5.41 Å².